The summed E-state index contributed by atoms with van der Waals surface area (Å²) in [5, 5.41) is 0. The third-order valence-electron chi connectivity index (χ3n) is 2.89. The summed E-state index contributed by atoms with van der Waals surface area (Å²) in [6.07, 6.45) is 4.12. The maximum atomic E-state index is 11.5. The summed E-state index contributed by atoms with van der Waals surface area (Å²) in [6.45, 7) is 2.44. The number of carbonyl (C=O) groups is 1. The Balaban J connectivity index is 2.21. The zero-order valence-corrected chi connectivity index (χ0v) is 11.6. The lowest BCUT2D eigenvalue weighted by Gasteiger charge is -2.06. The number of ether oxygens (including phenoxy) is 1. The summed E-state index contributed by atoms with van der Waals surface area (Å²) in [7, 11) is 0. The molecule has 0 aromatic heterocycles. The van der Waals surface area contributed by atoms with Gasteiger partial charge in [-0.2, -0.15) is 0 Å². The van der Waals surface area contributed by atoms with Crippen LogP contribution in [0.1, 0.15) is 18.9 Å². The van der Waals surface area contributed by atoms with Crippen LogP contribution in [0.4, 0.5) is 0 Å². The van der Waals surface area contributed by atoms with Gasteiger partial charge in [0.05, 0.1) is 6.61 Å². The van der Waals surface area contributed by atoms with Crippen molar-refractivity contribution >= 4 is 12.0 Å². The molecule has 0 atom stereocenters. The summed E-state index contributed by atoms with van der Waals surface area (Å²) in [5.41, 5.74) is 3.24. The van der Waals surface area contributed by atoms with Gasteiger partial charge in [0.15, 0.2) is 0 Å². The molecule has 0 saturated carbocycles. The summed E-state index contributed by atoms with van der Waals surface area (Å²) in [6, 6.07) is 18.1. The molecule has 2 aromatic rings. The highest BCUT2D eigenvalue weighted by atomic mass is 16.5. The van der Waals surface area contributed by atoms with Gasteiger partial charge in [0.25, 0.3) is 0 Å². The van der Waals surface area contributed by atoms with Crippen molar-refractivity contribution in [1.82, 2.24) is 0 Å². The van der Waals surface area contributed by atoms with Gasteiger partial charge >= 0.3 is 5.97 Å². The van der Waals surface area contributed by atoms with E-state index in [0.29, 0.717) is 6.61 Å². The summed E-state index contributed by atoms with van der Waals surface area (Å²) in [5.74, 6) is -0.297. The lowest BCUT2D eigenvalue weighted by Crippen LogP contribution is -2.00. The van der Waals surface area contributed by atoms with Crippen molar-refractivity contribution in [3.63, 3.8) is 0 Å². The fourth-order valence-electron chi connectivity index (χ4n) is 1.93. The minimum atomic E-state index is -0.297. The van der Waals surface area contributed by atoms with Crippen LogP contribution in [0.3, 0.4) is 0 Å². The Labute approximate surface area is 119 Å². The van der Waals surface area contributed by atoms with Gasteiger partial charge in [-0.25, -0.2) is 4.79 Å². The number of carbonyl (C=O) groups excluding carboxylic acids is 1. The van der Waals surface area contributed by atoms with Gasteiger partial charge in [0.1, 0.15) is 0 Å². The molecule has 0 radical (unpaired) electrons. The maximum absolute atomic E-state index is 11.5. The van der Waals surface area contributed by atoms with E-state index in [4.69, 9.17) is 4.74 Å². The highest BCUT2D eigenvalue weighted by Crippen LogP contribution is 2.24. The molecule has 0 unspecified atom stereocenters. The first kappa shape index (κ1) is 14.1. The molecule has 0 heterocycles. The van der Waals surface area contributed by atoms with E-state index in [0.717, 1.165) is 23.1 Å². The van der Waals surface area contributed by atoms with Gasteiger partial charge in [-0.15, -0.1) is 0 Å². The normalized spacial score (nSPS) is 10.7. The van der Waals surface area contributed by atoms with E-state index < -0.39 is 0 Å². The first-order valence-electron chi connectivity index (χ1n) is 6.80. The van der Waals surface area contributed by atoms with E-state index in [1.807, 2.05) is 49.4 Å². The molecule has 2 rings (SSSR count). The van der Waals surface area contributed by atoms with Gasteiger partial charge in [0, 0.05) is 6.08 Å². The first-order valence-corrected chi connectivity index (χ1v) is 6.80. The zero-order chi connectivity index (χ0) is 14.2. The Morgan fingerprint density at radius 2 is 1.75 bits per heavy atom. The average molecular weight is 266 g/mol. The predicted octanol–water partition coefficient (Wildman–Crippen LogP) is 4.32. The molecule has 0 saturated heterocycles. The van der Waals surface area contributed by atoms with Gasteiger partial charge < -0.3 is 4.74 Å². The van der Waals surface area contributed by atoms with E-state index in [-0.39, 0.29) is 5.97 Å². The predicted molar refractivity (Wildman–Crippen MR) is 82.2 cm³/mol. The number of esters is 1. The molecule has 20 heavy (non-hydrogen) atoms. The molecule has 2 aromatic carbocycles. The third-order valence-corrected chi connectivity index (χ3v) is 2.89. The van der Waals surface area contributed by atoms with E-state index in [2.05, 4.69) is 12.1 Å². The summed E-state index contributed by atoms with van der Waals surface area (Å²) in [4.78, 5) is 11.5. The molecule has 2 heteroatoms. The van der Waals surface area contributed by atoms with E-state index >= 15 is 0 Å². The highest BCUT2D eigenvalue weighted by Gasteiger charge is 2.02. The maximum Gasteiger partial charge on any atom is 0.330 e. The summed E-state index contributed by atoms with van der Waals surface area (Å²) >= 11 is 0. The Bertz CT molecular complexity index is 585. The molecule has 0 aliphatic heterocycles. The Morgan fingerprint density at radius 1 is 1.05 bits per heavy atom. The first-order chi connectivity index (χ1) is 9.81. The van der Waals surface area contributed by atoms with Crippen LogP contribution in [-0.4, -0.2) is 12.6 Å². The molecule has 0 fully saturated rings. The smallest absolute Gasteiger partial charge is 0.330 e. The highest BCUT2D eigenvalue weighted by molar-refractivity contribution is 5.89. The molecule has 0 aliphatic rings. The Kier molecular flexibility index (Phi) is 5.13. The monoisotopic (exact) mass is 266 g/mol. The quantitative estimate of drug-likeness (QED) is 0.595. The van der Waals surface area contributed by atoms with E-state index in [1.165, 1.54) is 6.08 Å². The van der Waals surface area contributed by atoms with Gasteiger partial charge in [-0.05, 0) is 29.2 Å². The van der Waals surface area contributed by atoms with E-state index in [1.54, 1.807) is 6.08 Å². The van der Waals surface area contributed by atoms with Crippen molar-refractivity contribution in [3.8, 4) is 11.1 Å². The van der Waals surface area contributed by atoms with Crippen LogP contribution in [0.25, 0.3) is 17.2 Å². The lowest BCUT2D eigenvalue weighted by atomic mass is 9.99. The lowest BCUT2D eigenvalue weighted by molar-refractivity contribution is -0.137. The van der Waals surface area contributed by atoms with Gasteiger partial charge in [0.2, 0.25) is 0 Å². The Morgan fingerprint density at radius 3 is 2.50 bits per heavy atom. The molecule has 2 nitrogen and oxygen atoms in total. The molecule has 0 N–H and O–H groups in total. The number of hydrogen-bond acceptors (Lipinski definition) is 2. The molecule has 0 amide bonds. The molecule has 0 aliphatic carbocycles. The van der Waals surface area contributed by atoms with Crippen LogP contribution < -0.4 is 0 Å². The molecule has 0 bridgehead atoms. The van der Waals surface area contributed by atoms with Crippen LogP contribution in [0.2, 0.25) is 0 Å². The number of rotatable bonds is 5. The minimum Gasteiger partial charge on any atom is -0.463 e. The molecular weight excluding hydrogens is 248 g/mol. The van der Waals surface area contributed by atoms with Crippen molar-refractivity contribution in [2.24, 2.45) is 0 Å². The largest absolute Gasteiger partial charge is 0.463 e. The van der Waals surface area contributed by atoms with E-state index in [9.17, 15) is 4.79 Å². The molecule has 0 spiro atoms. The van der Waals surface area contributed by atoms with Crippen LogP contribution in [0, 0.1) is 0 Å². The zero-order valence-electron chi connectivity index (χ0n) is 11.6. The number of hydrogen-bond donors (Lipinski definition) is 0. The fourth-order valence-corrected chi connectivity index (χ4v) is 1.93. The molecule has 102 valence electrons. The Hall–Kier alpha value is -2.35. The molecular formula is C18H18O2. The van der Waals surface area contributed by atoms with Crippen LogP contribution in [-0.2, 0) is 9.53 Å². The second-order valence-electron chi connectivity index (χ2n) is 4.45. The van der Waals surface area contributed by atoms with Gasteiger partial charge in [-0.3, -0.25) is 0 Å². The standard InChI is InChI=1S/C18H18O2/c1-2-14-20-18(19)13-12-16-10-6-7-11-17(16)15-8-4-3-5-9-15/h3-13H,2,14H2,1H3/b13-12+. The van der Waals surface area contributed by atoms with Crippen LogP contribution in [0.5, 0.6) is 0 Å². The number of benzene rings is 2. The van der Waals surface area contributed by atoms with Gasteiger partial charge in [-0.1, -0.05) is 61.5 Å². The summed E-state index contributed by atoms with van der Waals surface area (Å²) < 4.78 is 5.03. The van der Waals surface area contributed by atoms with Crippen molar-refractivity contribution in [2.75, 3.05) is 6.61 Å². The van der Waals surface area contributed by atoms with Crippen molar-refractivity contribution in [3.05, 3.63) is 66.2 Å². The van der Waals surface area contributed by atoms with Crippen molar-refractivity contribution < 1.29 is 9.53 Å². The topological polar surface area (TPSA) is 26.3 Å². The average Bonchev–Trinajstić information content (AvgIpc) is 2.52. The SMILES string of the molecule is CCCOC(=O)/C=C/c1ccccc1-c1ccccc1. The second kappa shape index (κ2) is 7.29. The third kappa shape index (κ3) is 3.82. The van der Waals surface area contributed by atoms with Crippen molar-refractivity contribution in [2.45, 2.75) is 13.3 Å². The minimum absolute atomic E-state index is 0.297. The van der Waals surface area contributed by atoms with Crippen LogP contribution in [0.15, 0.2) is 60.7 Å². The van der Waals surface area contributed by atoms with Crippen LogP contribution >= 0.6 is 0 Å². The van der Waals surface area contributed by atoms with Crippen molar-refractivity contribution in [1.29, 1.82) is 0 Å². The fraction of sp³-hybridized carbons (Fsp3) is 0.167. The second-order valence-corrected chi connectivity index (χ2v) is 4.45.